The third kappa shape index (κ3) is 1.90. The van der Waals surface area contributed by atoms with Crippen molar-refractivity contribution < 1.29 is 0 Å². The van der Waals surface area contributed by atoms with Gasteiger partial charge in [0.25, 0.3) is 0 Å². The van der Waals surface area contributed by atoms with Crippen LogP contribution in [0.25, 0.3) is 17.0 Å². The Balaban J connectivity index is 2.64. The molecule has 1 heteroatoms. The predicted molar refractivity (Wildman–Crippen MR) is 71.7 cm³/mol. The molecule has 0 aliphatic heterocycles. The molecule has 0 aliphatic carbocycles. The first kappa shape index (κ1) is 11.0. The van der Waals surface area contributed by atoms with E-state index in [9.17, 15) is 0 Å². The summed E-state index contributed by atoms with van der Waals surface area (Å²) in [5.74, 6) is 0.531. The van der Waals surface area contributed by atoms with Crippen molar-refractivity contribution in [2.24, 2.45) is 0 Å². The van der Waals surface area contributed by atoms with E-state index in [-0.39, 0.29) is 0 Å². The van der Waals surface area contributed by atoms with Gasteiger partial charge in [-0.3, -0.25) is 0 Å². The Bertz CT molecular complexity index is 503. The fourth-order valence-electron chi connectivity index (χ4n) is 2.06. The van der Waals surface area contributed by atoms with Gasteiger partial charge in [0.15, 0.2) is 0 Å². The van der Waals surface area contributed by atoms with E-state index < -0.39 is 0 Å². The smallest absolute Gasteiger partial charge is 0.0462 e. The maximum atomic E-state index is 3.52. The Labute approximate surface area is 97.2 Å². The number of aromatic nitrogens is 1. The molecule has 16 heavy (non-hydrogen) atoms. The van der Waals surface area contributed by atoms with Gasteiger partial charge in [0.1, 0.15) is 0 Å². The minimum absolute atomic E-state index is 0.531. The average molecular weight is 213 g/mol. The highest BCUT2D eigenvalue weighted by atomic mass is 14.7. The Morgan fingerprint density at radius 1 is 1.25 bits per heavy atom. The Morgan fingerprint density at radius 3 is 2.69 bits per heavy atom. The molecule has 0 saturated carbocycles. The lowest BCUT2D eigenvalue weighted by atomic mass is 10.0. The quantitative estimate of drug-likeness (QED) is 0.759. The molecular formula is C15H19N. The number of aromatic amines is 1. The summed E-state index contributed by atoms with van der Waals surface area (Å²) >= 11 is 0. The third-order valence-electron chi connectivity index (χ3n) is 2.87. The third-order valence-corrected chi connectivity index (χ3v) is 2.87. The summed E-state index contributed by atoms with van der Waals surface area (Å²) in [6.45, 7) is 6.63. The van der Waals surface area contributed by atoms with E-state index in [1.165, 1.54) is 22.2 Å². The zero-order chi connectivity index (χ0) is 11.5. The van der Waals surface area contributed by atoms with Crippen LogP contribution >= 0.6 is 0 Å². The van der Waals surface area contributed by atoms with E-state index in [2.05, 4.69) is 62.2 Å². The molecule has 0 saturated heterocycles. The van der Waals surface area contributed by atoms with Crippen LogP contribution in [0.5, 0.6) is 0 Å². The van der Waals surface area contributed by atoms with Gasteiger partial charge in [-0.05, 0) is 18.4 Å². The lowest BCUT2D eigenvalue weighted by molar-refractivity contribution is 0.834. The highest BCUT2D eigenvalue weighted by Crippen LogP contribution is 2.28. The molecule has 84 valence electrons. The van der Waals surface area contributed by atoms with Crippen LogP contribution in [-0.2, 0) is 0 Å². The van der Waals surface area contributed by atoms with Crippen molar-refractivity contribution in [3.05, 3.63) is 41.6 Å². The molecule has 0 aliphatic rings. The SMILES string of the molecule is CC/C=C/c1c(C(C)C)[nH]c2ccccc12. The molecule has 1 aromatic carbocycles. The first-order valence-corrected chi connectivity index (χ1v) is 6.01. The van der Waals surface area contributed by atoms with Crippen LogP contribution in [0.3, 0.4) is 0 Å². The van der Waals surface area contributed by atoms with Gasteiger partial charge in [-0.1, -0.05) is 51.1 Å². The molecule has 1 N–H and O–H groups in total. The minimum Gasteiger partial charge on any atom is -0.358 e. The zero-order valence-electron chi connectivity index (χ0n) is 10.2. The van der Waals surface area contributed by atoms with E-state index in [4.69, 9.17) is 0 Å². The molecule has 1 nitrogen and oxygen atoms in total. The summed E-state index contributed by atoms with van der Waals surface area (Å²) in [6.07, 6.45) is 5.55. The number of benzene rings is 1. The van der Waals surface area contributed by atoms with Crippen molar-refractivity contribution >= 4 is 17.0 Å². The van der Waals surface area contributed by atoms with Crippen LogP contribution < -0.4 is 0 Å². The van der Waals surface area contributed by atoms with Crippen molar-refractivity contribution in [2.45, 2.75) is 33.1 Å². The largest absolute Gasteiger partial charge is 0.358 e. The van der Waals surface area contributed by atoms with Crippen LogP contribution in [0.4, 0.5) is 0 Å². The summed E-state index contributed by atoms with van der Waals surface area (Å²) in [5.41, 5.74) is 3.93. The van der Waals surface area contributed by atoms with Gasteiger partial charge in [0.05, 0.1) is 0 Å². The minimum atomic E-state index is 0.531. The molecule has 0 unspecified atom stereocenters. The van der Waals surface area contributed by atoms with Gasteiger partial charge in [0.2, 0.25) is 0 Å². The highest BCUT2D eigenvalue weighted by molar-refractivity contribution is 5.90. The Morgan fingerprint density at radius 2 is 2.00 bits per heavy atom. The highest BCUT2D eigenvalue weighted by Gasteiger charge is 2.10. The number of hydrogen-bond donors (Lipinski definition) is 1. The molecule has 2 aromatic rings. The summed E-state index contributed by atoms with van der Waals surface area (Å²) in [4.78, 5) is 3.52. The van der Waals surface area contributed by atoms with Gasteiger partial charge in [0, 0.05) is 22.2 Å². The topological polar surface area (TPSA) is 15.8 Å². The fourth-order valence-corrected chi connectivity index (χ4v) is 2.06. The number of allylic oxidation sites excluding steroid dienone is 1. The molecule has 0 bridgehead atoms. The molecule has 0 radical (unpaired) electrons. The first-order chi connectivity index (χ1) is 7.74. The van der Waals surface area contributed by atoms with Gasteiger partial charge in [-0.2, -0.15) is 0 Å². The lowest BCUT2D eigenvalue weighted by Gasteiger charge is -2.03. The summed E-state index contributed by atoms with van der Waals surface area (Å²) < 4.78 is 0. The molecule has 1 heterocycles. The maximum Gasteiger partial charge on any atom is 0.0462 e. The van der Waals surface area contributed by atoms with Crippen LogP contribution in [0.1, 0.15) is 44.4 Å². The standard InChI is InChI=1S/C15H19N/c1-4-5-8-13-12-9-6-7-10-14(12)16-15(13)11(2)3/h5-11,16H,4H2,1-3H3/b8-5+. The van der Waals surface area contributed by atoms with Crippen LogP contribution in [0.2, 0.25) is 0 Å². The fraction of sp³-hybridized carbons (Fsp3) is 0.333. The number of fused-ring (bicyclic) bond motifs is 1. The molecule has 1 aromatic heterocycles. The van der Waals surface area contributed by atoms with Crippen LogP contribution in [-0.4, -0.2) is 4.98 Å². The Kier molecular flexibility index (Phi) is 3.14. The zero-order valence-corrected chi connectivity index (χ0v) is 10.2. The van der Waals surface area contributed by atoms with Crippen molar-refractivity contribution in [1.82, 2.24) is 4.98 Å². The van der Waals surface area contributed by atoms with Crippen molar-refractivity contribution in [3.63, 3.8) is 0 Å². The molecule has 0 fully saturated rings. The monoisotopic (exact) mass is 213 g/mol. The van der Waals surface area contributed by atoms with E-state index >= 15 is 0 Å². The second kappa shape index (κ2) is 4.56. The number of para-hydroxylation sites is 1. The number of nitrogens with one attached hydrogen (secondary N) is 1. The number of hydrogen-bond acceptors (Lipinski definition) is 0. The molecule has 0 spiro atoms. The normalized spacial score (nSPS) is 12.0. The Hall–Kier alpha value is -1.50. The molecule has 2 rings (SSSR count). The van der Waals surface area contributed by atoms with Crippen molar-refractivity contribution in [3.8, 4) is 0 Å². The lowest BCUT2D eigenvalue weighted by Crippen LogP contribution is -1.89. The second-order valence-electron chi connectivity index (χ2n) is 4.46. The van der Waals surface area contributed by atoms with E-state index in [0.717, 1.165) is 6.42 Å². The summed E-state index contributed by atoms with van der Waals surface area (Å²) in [7, 11) is 0. The number of H-pyrrole nitrogens is 1. The van der Waals surface area contributed by atoms with Gasteiger partial charge < -0.3 is 4.98 Å². The maximum absolute atomic E-state index is 3.52. The first-order valence-electron chi connectivity index (χ1n) is 6.01. The molecule has 0 atom stereocenters. The van der Waals surface area contributed by atoms with Gasteiger partial charge in [-0.25, -0.2) is 0 Å². The van der Waals surface area contributed by atoms with Crippen LogP contribution in [0.15, 0.2) is 30.3 Å². The predicted octanol–water partition coefficient (Wildman–Crippen LogP) is 4.71. The van der Waals surface area contributed by atoms with E-state index in [1.54, 1.807) is 0 Å². The number of rotatable bonds is 3. The van der Waals surface area contributed by atoms with Gasteiger partial charge in [-0.15, -0.1) is 0 Å². The van der Waals surface area contributed by atoms with Crippen LogP contribution in [0, 0.1) is 0 Å². The molecule has 0 amide bonds. The van der Waals surface area contributed by atoms with Crippen molar-refractivity contribution in [1.29, 1.82) is 0 Å². The second-order valence-corrected chi connectivity index (χ2v) is 4.46. The van der Waals surface area contributed by atoms with E-state index in [0.29, 0.717) is 5.92 Å². The summed E-state index contributed by atoms with van der Waals surface area (Å²) in [5, 5.41) is 1.33. The molecular weight excluding hydrogens is 194 g/mol. The van der Waals surface area contributed by atoms with Crippen molar-refractivity contribution in [2.75, 3.05) is 0 Å². The van der Waals surface area contributed by atoms with Gasteiger partial charge >= 0.3 is 0 Å². The average Bonchev–Trinajstić information content (AvgIpc) is 2.65. The summed E-state index contributed by atoms with van der Waals surface area (Å²) in [6, 6.07) is 8.51. The van der Waals surface area contributed by atoms with E-state index in [1.807, 2.05) is 0 Å².